The maximum absolute atomic E-state index is 12.6. The van der Waals surface area contributed by atoms with E-state index < -0.39 is 0 Å². The molecular weight excluding hydrogens is 328 g/mol. The molecule has 1 aromatic heterocycles. The second-order valence-electron chi connectivity index (χ2n) is 6.88. The summed E-state index contributed by atoms with van der Waals surface area (Å²) < 4.78 is 0. The Labute approximate surface area is 153 Å². The number of likely N-dealkylation sites (N-methyl/N-ethyl adjacent to an activating group) is 1. The minimum atomic E-state index is -0.0406. The third kappa shape index (κ3) is 3.16. The summed E-state index contributed by atoms with van der Waals surface area (Å²) in [6.45, 7) is 5.88. The fourth-order valence-corrected chi connectivity index (χ4v) is 3.65. The van der Waals surface area contributed by atoms with E-state index in [9.17, 15) is 4.79 Å². The number of benzene rings is 1. The van der Waals surface area contributed by atoms with Gasteiger partial charge in [-0.3, -0.25) is 4.98 Å². The Morgan fingerprint density at radius 1 is 1.08 bits per heavy atom. The second kappa shape index (κ2) is 6.82. The molecule has 2 amide bonds. The lowest BCUT2D eigenvalue weighted by Crippen LogP contribution is -2.50. The zero-order chi connectivity index (χ0) is 18.1. The predicted octanol–water partition coefficient (Wildman–Crippen LogP) is 2.13. The lowest BCUT2D eigenvalue weighted by Gasteiger charge is -2.35. The Kier molecular flexibility index (Phi) is 4.36. The van der Waals surface area contributed by atoms with Crippen molar-refractivity contribution in [3.05, 3.63) is 41.9 Å². The van der Waals surface area contributed by atoms with Crippen LogP contribution >= 0.6 is 0 Å². The van der Waals surface area contributed by atoms with Crippen LogP contribution in [-0.4, -0.2) is 60.7 Å². The maximum Gasteiger partial charge on any atom is 0.321 e. The molecule has 2 aromatic rings. The SMILES string of the molecule is Cc1nccnc1N1CCN(C(=O)Nc2ccc3c(c2)N(C)CC3)CC1. The number of piperazine rings is 1. The molecular formula is C19H24N6O. The van der Waals surface area contributed by atoms with Crippen LogP contribution in [0, 0.1) is 6.92 Å². The van der Waals surface area contributed by atoms with Gasteiger partial charge in [0.25, 0.3) is 0 Å². The van der Waals surface area contributed by atoms with Crippen molar-refractivity contribution in [1.82, 2.24) is 14.9 Å². The van der Waals surface area contributed by atoms with Crippen LogP contribution in [0.4, 0.5) is 22.0 Å². The molecule has 7 heteroatoms. The Morgan fingerprint density at radius 3 is 2.62 bits per heavy atom. The molecule has 0 atom stereocenters. The van der Waals surface area contributed by atoms with E-state index in [0.29, 0.717) is 13.1 Å². The van der Waals surface area contributed by atoms with Gasteiger partial charge < -0.3 is 20.0 Å². The van der Waals surface area contributed by atoms with Gasteiger partial charge in [0.05, 0.1) is 5.69 Å². The number of aromatic nitrogens is 2. The fraction of sp³-hybridized carbons (Fsp3) is 0.421. The number of anilines is 3. The monoisotopic (exact) mass is 352 g/mol. The van der Waals surface area contributed by atoms with Gasteiger partial charge in [-0.25, -0.2) is 9.78 Å². The number of hydrogen-bond acceptors (Lipinski definition) is 5. The van der Waals surface area contributed by atoms with Crippen LogP contribution < -0.4 is 15.1 Å². The minimum absolute atomic E-state index is 0.0406. The van der Waals surface area contributed by atoms with Crippen molar-refractivity contribution in [2.75, 3.05) is 54.9 Å². The summed E-state index contributed by atoms with van der Waals surface area (Å²) >= 11 is 0. The van der Waals surface area contributed by atoms with E-state index in [1.54, 1.807) is 12.4 Å². The molecule has 2 aliphatic rings. The summed E-state index contributed by atoms with van der Waals surface area (Å²) in [6.07, 6.45) is 4.49. The molecule has 26 heavy (non-hydrogen) atoms. The van der Waals surface area contributed by atoms with Gasteiger partial charge in [0.15, 0.2) is 0 Å². The highest BCUT2D eigenvalue weighted by atomic mass is 16.2. The first-order valence-electron chi connectivity index (χ1n) is 9.04. The van der Waals surface area contributed by atoms with E-state index in [1.807, 2.05) is 17.9 Å². The Balaban J connectivity index is 1.37. The molecule has 1 fully saturated rings. The van der Waals surface area contributed by atoms with Crippen molar-refractivity contribution < 1.29 is 4.79 Å². The van der Waals surface area contributed by atoms with Crippen molar-refractivity contribution in [3.63, 3.8) is 0 Å². The number of rotatable bonds is 2. The van der Waals surface area contributed by atoms with Crippen LogP contribution in [0.25, 0.3) is 0 Å². The first-order chi connectivity index (χ1) is 12.6. The normalized spacial score (nSPS) is 16.6. The quantitative estimate of drug-likeness (QED) is 0.897. The molecule has 0 radical (unpaired) electrons. The molecule has 0 bridgehead atoms. The molecule has 0 unspecified atom stereocenters. The Morgan fingerprint density at radius 2 is 1.85 bits per heavy atom. The van der Waals surface area contributed by atoms with Gasteiger partial charge in [-0.15, -0.1) is 0 Å². The van der Waals surface area contributed by atoms with E-state index in [-0.39, 0.29) is 6.03 Å². The van der Waals surface area contributed by atoms with Gasteiger partial charge in [0.1, 0.15) is 5.82 Å². The molecule has 0 saturated carbocycles. The molecule has 0 spiro atoms. The van der Waals surface area contributed by atoms with Crippen LogP contribution in [0.5, 0.6) is 0 Å². The lowest BCUT2D eigenvalue weighted by molar-refractivity contribution is 0.208. The van der Waals surface area contributed by atoms with E-state index in [2.05, 4.69) is 44.3 Å². The molecule has 1 saturated heterocycles. The van der Waals surface area contributed by atoms with Crippen molar-refractivity contribution in [3.8, 4) is 0 Å². The van der Waals surface area contributed by atoms with Crippen molar-refractivity contribution in [1.29, 1.82) is 0 Å². The number of nitrogens with zero attached hydrogens (tertiary/aromatic N) is 5. The third-order valence-electron chi connectivity index (χ3n) is 5.19. The average Bonchev–Trinajstić information content (AvgIpc) is 3.03. The maximum atomic E-state index is 12.6. The summed E-state index contributed by atoms with van der Waals surface area (Å²) in [6, 6.07) is 6.14. The van der Waals surface area contributed by atoms with Gasteiger partial charge in [0.2, 0.25) is 0 Å². The lowest BCUT2D eigenvalue weighted by atomic mass is 10.1. The minimum Gasteiger partial charge on any atom is -0.374 e. The highest BCUT2D eigenvalue weighted by Crippen LogP contribution is 2.29. The van der Waals surface area contributed by atoms with Crippen molar-refractivity contribution in [2.45, 2.75) is 13.3 Å². The average molecular weight is 352 g/mol. The molecule has 3 heterocycles. The molecule has 1 N–H and O–H groups in total. The topological polar surface area (TPSA) is 64.6 Å². The molecule has 7 nitrogen and oxygen atoms in total. The molecule has 136 valence electrons. The van der Waals surface area contributed by atoms with Gasteiger partial charge in [-0.1, -0.05) is 6.07 Å². The highest BCUT2D eigenvalue weighted by Gasteiger charge is 2.23. The van der Waals surface area contributed by atoms with Crippen LogP contribution in [0.3, 0.4) is 0 Å². The summed E-state index contributed by atoms with van der Waals surface area (Å²) in [5, 5.41) is 3.04. The number of urea groups is 1. The molecule has 1 aromatic carbocycles. The number of amides is 2. The summed E-state index contributed by atoms with van der Waals surface area (Å²) in [7, 11) is 2.09. The van der Waals surface area contributed by atoms with E-state index in [0.717, 1.165) is 43.3 Å². The smallest absolute Gasteiger partial charge is 0.321 e. The Hall–Kier alpha value is -2.83. The van der Waals surface area contributed by atoms with Crippen LogP contribution in [0.1, 0.15) is 11.3 Å². The first-order valence-corrected chi connectivity index (χ1v) is 9.04. The number of nitrogens with one attached hydrogen (secondary N) is 1. The molecule has 2 aliphatic heterocycles. The van der Waals surface area contributed by atoms with E-state index in [1.165, 1.54) is 11.3 Å². The predicted molar refractivity (Wildman–Crippen MR) is 103 cm³/mol. The van der Waals surface area contributed by atoms with E-state index in [4.69, 9.17) is 0 Å². The second-order valence-corrected chi connectivity index (χ2v) is 6.88. The largest absolute Gasteiger partial charge is 0.374 e. The number of aryl methyl sites for hydroxylation is 1. The van der Waals surface area contributed by atoms with Gasteiger partial charge in [0, 0.05) is 63.5 Å². The van der Waals surface area contributed by atoms with Gasteiger partial charge >= 0.3 is 6.03 Å². The van der Waals surface area contributed by atoms with Crippen LogP contribution in [0.2, 0.25) is 0 Å². The first kappa shape index (κ1) is 16.6. The van der Waals surface area contributed by atoms with Gasteiger partial charge in [-0.2, -0.15) is 0 Å². The summed E-state index contributed by atoms with van der Waals surface area (Å²) in [5.74, 6) is 0.911. The highest BCUT2D eigenvalue weighted by molar-refractivity contribution is 5.90. The summed E-state index contributed by atoms with van der Waals surface area (Å²) in [5.41, 5.74) is 4.34. The fourth-order valence-electron chi connectivity index (χ4n) is 3.65. The third-order valence-corrected chi connectivity index (χ3v) is 5.19. The number of carbonyl (C=O) groups excluding carboxylic acids is 1. The Bertz CT molecular complexity index is 815. The number of fused-ring (bicyclic) bond motifs is 1. The zero-order valence-corrected chi connectivity index (χ0v) is 15.3. The van der Waals surface area contributed by atoms with E-state index >= 15 is 0 Å². The summed E-state index contributed by atoms with van der Waals surface area (Å²) in [4.78, 5) is 27.6. The zero-order valence-electron chi connectivity index (χ0n) is 15.3. The van der Waals surface area contributed by atoms with Crippen molar-refractivity contribution in [2.24, 2.45) is 0 Å². The standard InChI is InChI=1S/C19H24N6O/c1-14-18(21-7-6-20-14)24-9-11-25(12-10-24)19(26)22-16-4-3-15-5-8-23(2)17(15)13-16/h3-4,6-7,13H,5,8-12H2,1-2H3,(H,22,26). The van der Waals surface area contributed by atoms with Gasteiger partial charge in [-0.05, 0) is 31.0 Å². The van der Waals surface area contributed by atoms with Crippen molar-refractivity contribution >= 4 is 23.2 Å². The van der Waals surface area contributed by atoms with Crippen LogP contribution in [0.15, 0.2) is 30.6 Å². The number of carbonyl (C=O) groups is 1. The van der Waals surface area contributed by atoms with Crippen LogP contribution in [-0.2, 0) is 6.42 Å². The number of hydrogen-bond donors (Lipinski definition) is 1. The molecule has 4 rings (SSSR count). The molecule has 0 aliphatic carbocycles.